The number of aliphatic hydroxyl groups excluding tert-OH is 1. The van der Waals surface area contributed by atoms with Gasteiger partial charge in [-0.25, -0.2) is 4.98 Å². The Morgan fingerprint density at radius 1 is 1.43 bits per heavy atom. The molecule has 1 aromatic heterocycles. The molecule has 14 heavy (non-hydrogen) atoms. The van der Waals surface area contributed by atoms with Crippen LogP contribution in [0.15, 0.2) is 5.38 Å². The van der Waals surface area contributed by atoms with E-state index >= 15 is 0 Å². The lowest BCUT2D eigenvalue weighted by Gasteiger charge is -2.00. The second-order valence-electron chi connectivity index (χ2n) is 2.75. The number of ether oxygens (including phenoxy) is 2. The summed E-state index contributed by atoms with van der Waals surface area (Å²) in [4.78, 5) is 4.20. The lowest BCUT2D eigenvalue weighted by atomic mass is 10.4. The largest absolute Gasteiger partial charge is 0.390 e. The highest BCUT2D eigenvalue weighted by molar-refractivity contribution is 7.09. The molecule has 0 saturated carbocycles. The predicted octanol–water partition coefficient (Wildman–Crippen LogP) is 0.841. The molecular formula is C9H15NO3S. The molecule has 0 bridgehead atoms. The number of thiazole rings is 1. The van der Waals surface area contributed by atoms with Gasteiger partial charge in [0.15, 0.2) is 0 Å². The molecule has 0 aliphatic rings. The number of methoxy groups -OCH3 is 1. The quantitative estimate of drug-likeness (QED) is 0.688. The summed E-state index contributed by atoms with van der Waals surface area (Å²) in [6, 6.07) is 0. The lowest BCUT2D eigenvalue weighted by Crippen LogP contribution is -2.04. The predicted molar refractivity (Wildman–Crippen MR) is 54.4 cm³/mol. The van der Waals surface area contributed by atoms with Crippen LogP contribution in [-0.2, 0) is 22.5 Å². The van der Waals surface area contributed by atoms with Crippen LogP contribution < -0.4 is 0 Å². The van der Waals surface area contributed by atoms with Crippen LogP contribution in [0.5, 0.6) is 0 Å². The molecule has 80 valence electrons. The molecule has 1 N–H and O–H groups in total. The number of hydrogen-bond donors (Lipinski definition) is 1. The number of aliphatic hydroxyl groups is 1. The van der Waals surface area contributed by atoms with E-state index in [1.54, 1.807) is 18.4 Å². The van der Waals surface area contributed by atoms with E-state index in [1.165, 1.54) is 0 Å². The van der Waals surface area contributed by atoms with Crippen molar-refractivity contribution in [2.24, 2.45) is 0 Å². The minimum atomic E-state index is 0.0149. The summed E-state index contributed by atoms with van der Waals surface area (Å²) in [5, 5.41) is 11.7. The normalized spacial score (nSPS) is 10.7. The van der Waals surface area contributed by atoms with E-state index in [-0.39, 0.29) is 6.61 Å². The lowest BCUT2D eigenvalue weighted by molar-refractivity contribution is 0.0722. The fraction of sp³-hybridized carbons (Fsp3) is 0.667. The number of nitrogens with zero attached hydrogens (tertiary/aromatic N) is 1. The molecule has 0 amide bonds. The van der Waals surface area contributed by atoms with Crippen LogP contribution in [0.1, 0.15) is 10.7 Å². The Balaban J connectivity index is 2.12. The van der Waals surface area contributed by atoms with Gasteiger partial charge >= 0.3 is 0 Å². The zero-order valence-electron chi connectivity index (χ0n) is 8.23. The Labute approximate surface area is 87.5 Å². The van der Waals surface area contributed by atoms with Crippen molar-refractivity contribution in [3.63, 3.8) is 0 Å². The van der Waals surface area contributed by atoms with Crippen molar-refractivity contribution in [2.75, 3.05) is 26.9 Å². The van der Waals surface area contributed by atoms with E-state index in [0.717, 1.165) is 17.1 Å². The fourth-order valence-electron chi connectivity index (χ4n) is 0.940. The van der Waals surface area contributed by atoms with Gasteiger partial charge in [-0.15, -0.1) is 11.3 Å². The third-order valence-corrected chi connectivity index (χ3v) is 2.61. The highest BCUT2D eigenvalue weighted by atomic mass is 32.1. The molecule has 1 aromatic rings. The highest BCUT2D eigenvalue weighted by Crippen LogP contribution is 2.10. The minimum Gasteiger partial charge on any atom is -0.390 e. The smallest absolute Gasteiger partial charge is 0.0952 e. The van der Waals surface area contributed by atoms with Crippen molar-refractivity contribution < 1.29 is 14.6 Å². The third-order valence-electron chi connectivity index (χ3n) is 1.65. The van der Waals surface area contributed by atoms with Crippen molar-refractivity contribution in [3.05, 3.63) is 16.1 Å². The van der Waals surface area contributed by atoms with Crippen LogP contribution >= 0.6 is 11.3 Å². The average molecular weight is 217 g/mol. The number of aromatic nitrogens is 1. The van der Waals surface area contributed by atoms with E-state index in [0.29, 0.717) is 19.8 Å². The number of rotatable bonds is 7. The maximum atomic E-state index is 8.79. The van der Waals surface area contributed by atoms with Gasteiger partial charge in [-0.05, 0) is 0 Å². The Morgan fingerprint density at radius 3 is 2.93 bits per heavy atom. The molecular weight excluding hydrogens is 202 g/mol. The van der Waals surface area contributed by atoms with Crippen LogP contribution in [0.25, 0.3) is 0 Å². The summed E-state index contributed by atoms with van der Waals surface area (Å²) in [5.74, 6) is 0. The van der Waals surface area contributed by atoms with E-state index in [9.17, 15) is 0 Å². The van der Waals surface area contributed by atoms with Gasteiger partial charge in [-0.1, -0.05) is 0 Å². The Morgan fingerprint density at radius 2 is 2.29 bits per heavy atom. The molecule has 0 saturated heterocycles. The second kappa shape index (κ2) is 6.89. The molecule has 4 nitrogen and oxygen atoms in total. The van der Waals surface area contributed by atoms with Crippen molar-refractivity contribution >= 4 is 11.3 Å². The zero-order valence-corrected chi connectivity index (χ0v) is 9.05. The van der Waals surface area contributed by atoms with Crippen molar-refractivity contribution in [1.82, 2.24) is 4.98 Å². The van der Waals surface area contributed by atoms with Crippen LogP contribution in [0.3, 0.4) is 0 Å². The van der Waals surface area contributed by atoms with Crippen LogP contribution in [0.4, 0.5) is 0 Å². The molecule has 0 atom stereocenters. The van der Waals surface area contributed by atoms with Gasteiger partial charge in [0.05, 0.1) is 37.1 Å². The fourth-order valence-corrected chi connectivity index (χ4v) is 1.71. The first-order valence-corrected chi connectivity index (χ1v) is 5.35. The first-order valence-electron chi connectivity index (χ1n) is 4.47. The van der Waals surface area contributed by atoms with Gasteiger partial charge in [0.25, 0.3) is 0 Å². The molecule has 5 heteroatoms. The van der Waals surface area contributed by atoms with Gasteiger partial charge in [0, 0.05) is 18.9 Å². The molecule has 1 heterocycles. The Kier molecular flexibility index (Phi) is 5.70. The van der Waals surface area contributed by atoms with E-state index in [2.05, 4.69) is 4.98 Å². The van der Waals surface area contributed by atoms with Gasteiger partial charge in [0.2, 0.25) is 0 Å². The summed E-state index contributed by atoms with van der Waals surface area (Å²) < 4.78 is 10.1. The van der Waals surface area contributed by atoms with Gasteiger partial charge in [0.1, 0.15) is 0 Å². The molecule has 0 fully saturated rings. The second-order valence-corrected chi connectivity index (χ2v) is 3.69. The van der Waals surface area contributed by atoms with Gasteiger partial charge in [-0.2, -0.15) is 0 Å². The SMILES string of the molecule is COCCOCCc1nc(CO)cs1. The monoisotopic (exact) mass is 217 g/mol. The van der Waals surface area contributed by atoms with Gasteiger partial charge in [-0.3, -0.25) is 0 Å². The summed E-state index contributed by atoms with van der Waals surface area (Å²) in [6.45, 7) is 1.91. The molecule has 0 aliphatic heterocycles. The summed E-state index contributed by atoms with van der Waals surface area (Å²) >= 11 is 1.56. The Hall–Kier alpha value is -0.490. The maximum absolute atomic E-state index is 8.79. The van der Waals surface area contributed by atoms with Crippen molar-refractivity contribution in [1.29, 1.82) is 0 Å². The summed E-state index contributed by atoms with van der Waals surface area (Å²) in [6.07, 6.45) is 0.800. The summed E-state index contributed by atoms with van der Waals surface area (Å²) in [5.41, 5.74) is 0.738. The number of hydrogen-bond acceptors (Lipinski definition) is 5. The maximum Gasteiger partial charge on any atom is 0.0952 e. The van der Waals surface area contributed by atoms with Crippen molar-refractivity contribution in [3.8, 4) is 0 Å². The van der Waals surface area contributed by atoms with Gasteiger partial charge < -0.3 is 14.6 Å². The Bertz CT molecular complexity index is 252. The molecule has 0 aliphatic carbocycles. The first kappa shape index (κ1) is 11.6. The molecule has 0 spiro atoms. The topological polar surface area (TPSA) is 51.6 Å². The van der Waals surface area contributed by atoms with E-state index < -0.39 is 0 Å². The first-order chi connectivity index (χ1) is 6.86. The zero-order chi connectivity index (χ0) is 10.2. The summed E-state index contributed by atoms with van der Waals surface area (Å²) in [7, 11) is 1.65. The third kappa shape index (κ3) is 4.15. The minimum absolute atomic E-state index is 0.0149. The molecule has 1 rings (SSSR count). The average Bonchev–Trinajstić information content (AvgIpc) is 2.65. The van der Waals surface area contributed by atoms with Crippen LogP contribution in [0.2, 0.25) is 0 Å². The van der Waals surface area contributed by atoms with Crippen LogP contribution in [0, 0.1) is 0 Å². The van der Waals surface area contributed by atoms with Crippen LogP contribution in [-0.4, -0.2) is 37.0 Å². The molecule has 0 radical (unpaired) electrons. The molecule has 0 unspecified atom stereocenters. The van der Waals surface area contributed by atoms with E-state index in [1.807, 2.05) is 5.38 Å². The standard InChI is InChI=1S/C9H15NO3S/c1-12-4-5-13-3-2-9-10-8(6-11)7-14-9/h7,11H,2-6H2,1H3. The van der Waals surface area contributed by atoms with E-state index in [4.69, 9.17) is 14.6 Å². The molecule has 0 aromatic carbocycles. The highest BCUT2D eigenvalue weighted by Gasteiger charge is 2.00. The van der Waals surface area contributed by atoms with Crippen molar-refractivity contribution in [2.45, 2.75) is 13.0 Å².